The van der Waals surface area contributed by atoms with Crippen LogP contribution in [0.25, 0.3) is 5.69 Å². The standard InChI is InChI=1S/C17H16ClN5O3/c1-12(13-5-3-2-4-6-13)11-19-16-17(23(25)26)20-21(22(16)24)15-9-7-14(18)8-10-15/h2-10,12,24H,11H2,1H3. The van der Waals surface area contributed by atoms with Crippen molar-refractivity contribution in [2.75, 3.05) is 6.54 Å². The lowest BCUT2D eigenvalue weighted by Crippen LogP contribution is -2.23. The lowest BCUT2D eigenvalue weighted by molar-refractivity contribution is -0.391. The molecule has 2 aromatic carbocycles. The summed E-state index contributed by atoms with van der Waals surface area (Å²) in [7, 11) is 0. The summed E-state index contributed by atoms with van der Waals surface area (Å²) in [6.45, 7) is 2.22. The van der Waals surface area contributed by atoms with Crippen LogP contribution in [0.5, 0.6) is 0 Å². The fourth-order valence-electron chi connectivity index (χ4n) is 2.46. The molecule has 0 radical (unpaired) electrons. The van der Waals surface area contributed by atoms with Gasteiger partial charge in [-0.05, 0) is 39.5 Å². The summed E-state index contributed by atoms with van der Waals surface area (Å²) in [6.07, 6.45) is 0. The van der Waals surface area contributed by atoms with Crippen molar-refractivity contribution in [3.8, 4) is 5.69 Å². The molecule has 8 nitrogen and oxygen atoms in total. The first-order chi connectivity index (χ1) is 12.5. The molecule has 0 aliphatic carbocycles. The van der Waals surface area contributed by atoms with E-state index in [1.807, 2.05) is 37.3 Å². The van der Waals surface area contributed by atoms with Gasteiger partial charge in [0, 0.05) is 17.5 Å². The van der Waals surface area contributed by atoms with Gasteiger partial charge in [0.2, 0.25) is 0 Å². The molecule has 26 heavy (non-hydrogen) atoms. The van der Waals surface area contributed by atoms with Crippen LogP contribution in [0.3, 0.4) is 0 Å². The quantitative estimate of drug-likeness (QED) is 0.422. The van der Waals surface area contributed by atoms with Crippen LogP contribution in [0, 0.1) is 10.1 Å². The number of benzene rings is 2. The van der Waals surface area contributed by atoms with Gasteiger partial charge in [0.15, 0.2) is 0 Å². The zero-order valence-electron chi connectivity index (χ0n) is 13.9. The highest BCUT2D eigenvalue weighted by atomic mass is 35.5. The normalized spacial score (nSPS) is 12.9. The van der Waals surface area contributed by atoms with Crippen molar-refractivity contribution in [3.05, 3.63) is 80.8 Å². The number of nitrogens with zero attached hydrogens (tertiary/aromatic N) is 5. The molecule has 1 heterocycles. The van der Waals surface area contributed by atoms with Gasteiger partial charge in [0.05, 0.1) is 5.10 Å². The van der Waals surface area contributed by atoms with E-state index in [0.717, 1.165) is 10.4 Å². The predicted octanol–water partition coefficient (Wildman–Crippen LogP) is 3.18. The van der Waals surface area contributed by atoms with Gasteiger partial charge in [-0.25, -0.2) is 0 Å². The van der Waals surface area contributed by atoms with Crippen molar-refractivity contribution in [2.24, 2.45) is 4.99 Å². The third-order valence-electron chi connectivity index (χ3n) is 3.87. The van der Waals surface area contributed by atoms with Crippen LogP contribution in [0.4, 0.5) is 5.82 Å². The van der Waals surface area contributed by atoms with Gasteiger partial charge in [0.1, 0.15) is 5.69 Å². The molecule has 0 fully saturated rings. The highest BCUT2D eigenvalue weighted by Crippen LogP contribution is 2.15. The summed E-state index contributed by atoms with van der Waals surface area (Å²) in [6, 6.07) is 16.0. The van der Waals surface area contributed by atoms with Gasteiger partial charge in [-0.2, -0.15) is 0 Å². The summed E-state index contributed by atoms with van der Waals surface area (Å²) in [5, 5.41) is 26.0. The SMILES string of the molecule is CC(CN=c1c([N+](=O)[O-])nn(-c2ccc(Cl)cc2)n1O)c1ccccc1. The Morgan fingerprint density at radius 1 is 1.23 bits per heavy atom. The molecule has 3 rings (SSSR count). The molecule has 1 unspecified atom stereocenters. The molecule has 134 valence electrons. The van der Waals surface area contributed by atoms with Crippen molar-refractivity contribution in [1.82, 2.24) is 14.7 Å². The maximum atomic E-state index is 11.3. The predicted molar refractivity (Wildman–Crippen MR) is 95.7 cm³/mol. The van der Waals surface area contributed by atoms with Gasteiger partial charge >= 0.3 is 5.82 Å². The second-order valence-corrected chi connectivity index (χ2v) is 6.15. The van der Waals surface area contributed by atoms with Gasteiger partial charge in [0.25, 0.3) is 5.49 Å². The molecule has 1 atom stereocenters. The molecule has 0 amide bonds. The average Bonchev–Trinajstić information content (AvgIpc) is 2.98. The Bertz CT molecular complexity index is 980. The van der Waals surface area contributed by atoms with Gasteiger partial charge in [-0.3, -0.25) is 4.99 Å². The summed E-state index contributed by atoms with van der Waals surface area (Å²) in [5.41, 5.74) is 1.25. The number of nitro groups is 1. The van der Waals surface area contributed by atoms with E-state index in [1.165, 1.54) is 0 Å². The maximum Gasteiger partial charge on any atom is 0.438 e. The van der Waals surface area contributed by atoms with Crippen molar-refractivity contribution in [1.29, 1.82) is 0 Å². The van der Waals surface area contributed by atoms with Crippen LogP contribution in [-0.4, -0.2) is 31.4 Å². The number of rotatable bonds is 5. The molecule has 0 saturated heterocycles. The van der Waals surface area contributed by atoms with E-state index >= 15 is 0 Å². The zero-order chi connectivity index (χ0) is 18.7. The first kappa shape index (κ1) is 17.7. The molecule has 0 bridgehead atoms. The fraction of sp³-hybridized carbons (Fsp3) is 0.176. The highest BCUT2D eigenvalue weighted by Gasteiger charge is 2.24. The maximum absolute atomic E-state index is 11.3. The molecular formula is C17H16ClN5O3. The highest BCUT2D eigenvalue weighted by molar-refractivity contribution is 6.30. The molecule has 0 saturated carbocycles. The first-order valence-electron chi connectivity index (χ1n) is 7.84. The Morgan fingerprint density at radius 2 is 1.88 bits per heavy atom. The average molecular weight is 374 g/mol. The Balaban J connectivity index is 2.00. The number of hydrogen-bond donors (Lipinski definition) is 1. The van der Waals surface area contributed by atoms with E-state index in [9.17, 15) is 15.3 Å². The van der Waals surface area contributed by atoms with Crippen LogP contribution in [-0.2, 0) is 0 Å². The van der Waals surface area contributed by atoms with E-state index in [1.54, 1.807) is 24.3 Å². The van der Waals surface area contributed by atoms with E-state index in [4.69, 9.17) is 11.6 Å². The second-order valence-electron chi connectivity index (χ2n) is 5.71. The topological polar surface area (TPSA) is 98.5 Å². The molecule has 1 aromatic heterocycles. The summed E-state index contributed by atoms with van der Waals surface area (Å²) >= 11 is 5.84. The lowest BCUT2D eigenvalue weighted by atomic mass is 10.0. The number of halogens is 1. The second kappa shape index (κ2) is 7.40. The molecular weight excluding hydrogens is 358 g/mol. The Morgan fingerprint density at radius 3 is 2.50 bits per heavy atom. The molecule has 1 N–H and O–H groups in total. The van der Waals surface area contributed by atoms with Gasteiger partial charge in [-0.15, -0.1) is 0 Å². The summed E-state index contributed by atoms with van der Waals surface area (Å²) in [4.78, 5) is 16.4. The zero-order valence-corrected chi connectivity index (χ0v) is 14.6. The van der Waals surface area contributed by atoms with Crippen molar-refractivity contribution in [2.45, 2.75) is 12.8 Å². The van der Waals surface area contributed by atoms with E-state index in [0.29, 0.717) is 15.6 Å². The number of aromatic nitrogens is 3. The largest absolute Gasteiger partial charge is 0.438 e. The Kier molecular flexibility index (Phi) is 5.04. The summed E-state index contributed by atoms with van der Waals surface area (Å²) in [5.74, 6) is -0.502. The van der Waals surface area contributed by atoms with E-state index in [2.05, 4.69) is 10.1 Å². The lowest BCUT2D eigenvalue weighted by Gasteiger charge is -2.07. The smallest absolute Gasteiger partial charge is 0.409 e. The van der Waals surface area contributed by atoms with Crippen LogP contribution < -0.4 is 5.49 Å². The molecule has 0 spiro atoms. The van der Waals surface area contributed by atoms with Crippen molar-refractivity contribution >= 4 is 17.4 Å². The number of hydrogen-bond acceptors (Lipinski definition) is 5. The van der Waals surface area contributed by atoms with Crippen LogP contribution in [0.15, 0.2) is 59.6 Å². The third-order valence-corrected chi connectivity index (χ3v) is 4.12. The van der Waals surface area contributed by atoms with Crippen LogP contribution in [0.2, 0.25) is 5.02 Å². The monoisotopic (exact) mass is 373 g/mol. The Labute approximate surface area is 153 Å². The summed E-state index contributed by atoms with van der Waals surface area (Å²) < 4.78 is 0. The van der Waals surface area contributed by atoms with Crippen LogP contribution in [0.1, 0.15) is 18.4 Å². The first-order valence-corrected chi connectivity index (χ1v) is 8.22. The van der Waals surface area contributed by atoms with Gasteiger partial charge < -0.3 is 15.3 Å². The minimum absolute atomic E-state index is 0.0229. The van der Waals surface area contributed by atoms with Gasteiger partial charge in [-0.1, -0.05) is 53.7 Å². The van der Waals surface area contributed by atoms with Crippen molar-refractivity contribution in [3.63, 3.8) is 0 Å². The van der Waals surface area contributed by atoms with Crippen molar-refractivity contribution < 1.29 is 10.1 Å². The van der Waals surface area contributed by atoms with E-state index in [-0.39, 0.29) is 18.0 Å². The van der Waals surface area contributed by atoms with E-state index < -0.39 is 10.7 Å². The molecule has 0 aliphatic heterocycles. The minimum atomic E-state index is -0.675. The Hall–Kier alpha value is -3.13. The fourth-order valence-corrected chi connectivity index (χ4v) is 2.59. The molecule has 0 aliphatic rings. The molecule has 3 aromatic rings. The van der Waals surface area contributed by atoms with Crippen LogP contribution >= 0.6 is 11.6 Å². The third kappa shape index (κ3) is 3.60. The molecule has 9 heteroatoms. The minimum Gasteiger partial charge on any atom is -0.409 e.